The normalized spacial score (nSPS) is 12.8. The van der Waals surface area contributed by atoms with Gasteiger partial charge in [-0.25, -0.2) is 0 Å². The van der Waals surface area contributed by atoms with Crippen molar-refractivity contribution in [3.63, 3.8) is 0 Å². The first-order valence-electron chi connectivity index (χ1n) is 5.62. The maximum Gasteiger partial charge on any atom is 0.203 e. The quantitative estimate of drug-likeness (QED) is 0.606. The Bertz CT molecular complexity index is 174. The molecule has 0 heterocycles. The van der Waals surface area contributed by atoms with Crippen molar-refractivity contribution in [2.24, 2.45) is 11.8 Å². The van der Waals surface area contributed by atoms with Crippen molar-refractivity contribution < 1.29 is 9.09 Å². The highest BCUT2D eigenvalue weighted by Crippen LogP contribution is 2.50. The zero-order chi connectivity index (χ0) is 11.2. The molecule has 0 rings (SSSR count). The van der Waals surface area contributed by atoms with Crippen molar-refractivity contribution in [1.82, 2.24) is 0 Å². The first-order valence-corrected chi connectivity index (χ1v) is 7.61. The fourth-order valence-corrected chi connectivity index (χ4v) is 4.65. The van der Waals surface area contributed by atoms with E-state index in [-0.39, 0.29) is 0 Å². The molecule has 0 aromatic rings. The van der Waals surface area contributed by atoms with E-state index < -0.39 is 7.37 Å². The van der Waals surface area contributed by atoms with Gasteiger partial charge in [0.25, 0.3) is 0 Å². The lowest BCUT2D eigenvalue weighted by Crippen LogP contribution is -2.09. The van der Waals surface area contributed by atoms with Gasteiger partial charge in [0.1, 0.15) is 0 Å². The highest BCUT2D eigenvalue weighted by atomic mass is 31.2. The summed E-state index contributed by atoms with van der Waals surface area (Å²) in [6.45, 7) is 11.1. The van der Waals surface area contributed by atoms with Gasteiger partial charge in [-0.2, -0.15) is 0 Å². The van der Waals surface area contributed by atoms with Crippen LogP contribution >= 0.6 is 7.37 Å². The fourth-order valence-electron chi connectivity index (χ4n) is 1.55. The summed E-state index contributed by atoms with van der Waals surface area (Å²) in [6, 6.07) is 0. The van der Waals surface area contributed by atoms with Crippen LogP contribution in [0.4, 0.5) is 0 Å². The van der Waals surface area contributed by atoms with E-state index in [2.05, 4.69) is 34.6 Å². The molecule has 0 spiro atoms. The molecule has 0 radical (unpaired) electrons. The van der Waals surface area contributed by atoms with Crippen LogP contribution in [0.5, 0.6) is 0 Å². The second kappa shape index (κ2) is 6.63. The lowest BCUT2D eigenvalue weighted by molar-refractivity contribution is 0.307. The number of rotatable bonds is 7. The van der Waals surface area contributed by atoms with E-state index >= 15 is 0 Å². The average Bonchev–Trinajstić information content (AvgIpc) is 1.97. The van der Waals surface area contributed by atoms with Crippen LogP contribution in [-0.4, -0.2) is 18.9 Å². The predicted molar refractivity (Wildman–Crippen MR) is 63.3 cm³/mol. The molecular weight excluding hydrogens is 195 g/mol. The van der Waals surface area contributed by atoms with E-state index in [0.29, 0.717) is 18.4 Å². The van der Waals surface area contributed by atoms with Crippen molar-refractivity contribution in [1.29, 1.82) is 0 Å². The van der Waals surface area contributed by atoms with Gasteiger partial charge in [-0.1, -0.05) is 34.6 Å². The first-order chi connectivity index (χ1) is 6.39. The molecule has 0 unspecified atom stereocenters. The summed E-state index contributed by atoms with van der Waals surface area (Å²) in [5.74, 6) is 0.910. The molecule has 0 aromatic carbocycles. The molecule has 0 aliphatic rings. The van der Waals surface area contributed by atoms with E-state index in [1.54, 1.807) is 0 Å². The molecule has 14 heavy (non-hydrogen) atoms. The Labute approximate surface area is 88.9 Å². The van der Waals surface area contributed by atoms with Crippen molar-refractivity contribution in [3.8, 4) is 0 Å². The van der Waals surface area contributed by atoms with E-state index in [4.69, 9.17) is 4.52 Å². The standard InChI is InChI=1S/C11H25O2P/c1-6-7-13-14(12,8-10(2)3)9-11(4)5/h10-11H,6-9H2,1-5H3. The number of hydrogen-bond acceptors (Lipinski definition) is 2. The van der Waals surface area contributed by atoms with Crippen molar-refractivity contribution in [2.45, 2.75) is 41.0 Å². The van der Waals surface area contributed by atoms with Gasteiger partial charge in [-0.15, -0.1) is 0 Å². The van der Waals surface area contributed by atoms with Gasteiger partial charge in [0.15, 0.2) is 0 Å². The Morgan fingerprint density at radius 1 is 1.07 bits per heavy atom. The number of hydrogen-bond donors (Lipinski definition) is 0. The summed E-state index contributed by atoms with van der Waals surface area (Å²) in [5, 5.41) is 0. The highest BCUT2D eigenvalue weighted by Gasteiger charge is 2.25. The Kier molecular flexibility index (Phi) is 6.72. The van der Waals surface area contributed by atoms with Crippen LogP contribution in [0.2, 0.25) is 0 Å². The average molecular weight is 220 g/mol. The van der Waals surface area contributed by atoms with Crippen LogP contribution in [0.1, 0.15) is 41.0 Å². The molecule has 3 heteroatoms. The third-order valence-electron chi connectivity index (χ3n) is 1.82. The third kappa shape index (κ3) is 6.62. The Balaban J connectivity index is 4.26. The van der Waals surface area contributed by atoms with Crippen LogP contribution in [0, 0.1) is 11.8 Å². The second-order valence-corrected chi connectivity index (χ2v) is 7.42. The lowest BCUT2D eigenvalue weighted by Gasteiger charge is -2.21. The summed E-state index contributed by atoms with van der Waals surface area (Å²) in [4.78, 5) is 0. The van der Waals surface area contributed by atoms with Gasteiger partial charge in [-0.05, 0) is 18.3 Å². The molecule has 0 saturated heterocycles. The maximum absolute atomic E-state index is 12.4. The topological polar surface area (TPSA) is 26.3 Å². The molecule has 0 aromatic heterocycles. The molecule has 0 fully saturated rings. The van der Waals surface area contributed by atoms with E-state index in [1.165, 1.54) is 0 Å². The van der Waals surface area contributed by atoms with Gasteiger partial charge < -0.3 is 4.52 Å². The Morgan fingerprint density at radius 3 is 1.79 bits per heavy atom. The van der Waals surface area contributed by atoms with Gasteiger partial charge in [0.2, 0.25) is 7.37 Å². The van der Waals surface area contributed by atoms with Crippen LogP contribution < -0.4 is 0 Å². The maximum atomic E-state index is 12.4. The minimum Gasteiger partial charge on any atom is -0.328 e. The highest BCUT2D eigenvalue weighted by molar-refractivity contribution is 7.59. The first kappa shape index (κ1) is 14.2. The molecule has 86 valence electrons. The molecule has 0 atom stereocenters. The molecule has 0 bridgehead atoms. The van der Waals surface area contributed by atoms with Gasteiger partial charge in [-0.3, -0.25) is 4.57 Å². The molecule has 0 aliphatic carbocycles. The smallest absolute Gasteiger partial charge is 0.203 e. The summed E-state index contributed by atoms with van der Waals surface area (Å²) in [7, 11) is -2.35. The van der Waals surface area contributed by atoms with Crippen molar-refractivity contribution >= 4 is 7.37 Å². The molecule has 0 aliphatic heterocycles. The van der Waals surface area contributed by atoms with Crippen molar-refractivity contribution in [3.05, 3.63) is 0 Å². The monoisotopic (exact) mass is 220 g/mol. The molecule has 2 nitrogen and oxygen atoms in total. The zero-order valence-corrected chi connectivity index (χ0v) is 11.1. The fraction of sp³-hybridized carbons (Fsp3) is 1.00. The molecule has 0 N–H and O–H groups in total. The van der Waals surface area contributed by atoms with Gasteiger partial charge in [0, 0.05) is 12.3 Å². The van der Waals surface area contributed by atoms with Gasteiger partial charge >= 0.3 is 0 Å². The lowest BCUT2D eigenvalue weighted by atomic mass is 10.3. The van der Waals surface area contributed by atoms with Crippen LogP contribution in [0.3, 0.4) is 0 Å². The summed E-state index contributed by atoms with van der Waals surface area (Å²) in [5.41, 5.74) is 0. The van der Waals surface area contributed by atoms with E-state index in [9.17, 15) is 4.57 Å². The molecule has 0 saturated carbocycles. The Morgan fingerprint density at radius 2 is 1.50 bits per heavy atom. The largest absolute Gasteiger partial charge is 0.328 e. The molecule has 0 amide bonds. The van der Waals surface area contributed by atoms with Crippen molar-refractivity contribution in [2.75, 3.05) is 18.9 Å². The minimum absolute atomic E-state index is 0.455. The van der Waals surface area contributed by atoms with Crippen LogP contribution in [-0.2, 0) is 9.09 Å². The SMILES string of the molecule is CCCOP(=O)(CC(C)C)CC(C)C. The minimum atomic E-state index is -2.35. The third-order valence-corrected chi connectivity index (χ3v) is 5.04. The van der Waals surface area contributed by atoms with E-state index in [1.807, 2.05) is 0 Å². The van der Waals surface area contributed by atoms with Crippen LogP contribution in [0.25, 0.3) is 0 Å². The van der Waals surface area contributed by atoms with Crippen LogP contribution in [0.15, 0.2) is 0 Å². The summed E-state index contributed by atoms with van der Waals surface area (Å²) in [6.07, 6.45) is 2.40. The zero-order valence-electron chi connectivity index (χ0n) is 10.2. The van der Waals surface area contributed by atoms with E-state index in [0.717, 1.165) is 18.7 Å². The van der Waals surface area contributed by atoms with Gasteiger partial charge in [0.05, 0.1) is 6.61 Å². The molecular formula is C11H25O2P. The second-order valence-electron chi connectivity index (χ2n) is 4.80. The predicted octanol–water partition coefficient (Wildman–Crippen LogP) is 4.00. The summed E-state index contributed by atoms with van der Waals surface area (Å²) >= 11 is 0. The Hall–Kier alpha value is 0.190. The summed E-state index contributed by atoms with van der Waals surface area (Å²) < 4.78 is 17.9.